The Labute approximate surface area is 105 Å². The number of thiol groups is 1. The Balaban J connectivity index is 2.75. The maximum atomic E-state index is 5.77. The average Bonchev–Trinajstić information content (AvgIpc) is 2.43. The van der Waals surface area contributed by atoms with E-state index in [0.717, 1.165) is 4.21 Å². The molecule has 2 aromatic rings. The van der Waals surface area contributed by atoms with Crippen molar-refractivity contribution >= 4 is 68.2 Å². The molecule has 1 aromatic heterocycles. The smallest absolute Gasteiger partial charge is 0.0714 e. The first-order valence-corrected chi connectivity index (χ1v) is 6.56. The van der Waals surface area contributed by atoms with Crippen molar-refractivity contribution in [2.75, 3.05) is 0 Å². The van der Waals surface area contributed by atoms with Gasteiger partial charge in [0.15, 0.2) is 0 Å². The normalized spacial score (nSPS) is 11.0. The Morgan fingerprint density at radius 2 is 2.23 bits per heavy atom. The van der Waals surface area contributed by atoms with Crippen LogP contribution < -0.4 is 0 Å². The van der Waals surface area contributed by atoms with Crippen LogP contribution in [-0.2, 0) is 5.88 Å². The molecule has 1 aromatic carbocycles. The SMILES string of the molecule is Sc1sc2ccc(CCl)cc2c1I. The molecule has 0 radical (unpaired) electrons. The molecule has 0 bridgehead atoms. The number of alkyl halides is 1. The van der Waals surface area contributed by atoms with E-state index >= 15 is 0 Å². The summed E-state index contributed by atoms with van der Waals surface area (Å²) in [6.07, 6.45) is 0. The van der Waals surface area contributed by atoms with Gasteiger partial charge < -0.3 is 0 Å². The Morgan fingerprint density at radius 1 is 1.46 bits per heavy atom. The molecule has 1 heterocycles. The van der Waals surface area contributed by atoms with Crippen LogP contribution in [0, 0.1) is 3.57 Å². The van der Waals surface area contributed by atoms with Gasteiger partial charge in [-0.15, -0.1) is 35.6 Å². The van der Waals surface area contributed by atoms with Crippen molar-refractivity contribution in [2.24, 2.45) is 0 Å². The third kappa shape index (κ3) is 1.84. The van der Waals surface area contributed by atoms with Crippen LogP contribution in [0.2, 0.25) is 0 Å². The quantitative estimate of drug-likeness (QED) is 0.440. The summed E-state index contributed by atoms with van der Waals surface area (Å²) in [4.78, 5) is 0. The van der Waals surface area contributed by atoms with Crippen molar-refractivity contribution in [2.45, 2.75) is 10.1 Å². The molecule has 2 rings (SSSR count). The molecule has 0 amide bonds. The predicted molar refractivity (Wildman–Crippen MR) is 71.4 cm³/mol. The topological polar surface area (TPSA) is 0 Å². The summed E-state index contributed by atoms with van der Waals surface area (Å²) < 4.78 is 3.60. The average molecular weight is 341 g/mol. The monoisotopic (exact) mass is 340 g/mol. The van der Waals surface area contributed by atoms with E-state index in [1.54, 1.807) is 11.3 Å². The highest BCUT2D eigenvalue weighted by Gasteiger charge is 2.06. The van der Waals surface area contributed by atoms with Crippen LogP contribution in [0.3, 0.4) is 0 Å². The third-order valence-corrected chi connectivity index (χ3v) is 5.52. The lowest BCUT2D eigenvalue weighted by Gasteiger charge is -1.95. The van der Waals surface area contributed by atoms with Gasteiger partial charge in [0.05, 0.1) is 4.21 Å². The lowest BCUT2D eigenvalue weighted by molar-refractivity contribution is 1.43. The zero-order valence-electron chi connectivity index (χ0n) is 6.55. The summed E-state index contributed by atoms with van der Waals surface area (Å²) in [6, 6.07) is 6.31. The van der Waals surface area contributed by atoms with Crippen molar-refractivity contribution in [3.05, 3.63) is 27.3 Å². The van der Waals surface area contributed by atoms with Crippen LogP contribution in [-0.4, -0.2) is 0 Å². The highest BCUT2D eigenvalue weighted by molar-refractivity contribution is 14.1. The number of halogens is 2. The van der Waals surface area contributed by atoms with Crippen molar-refractivity contribution in [1.29, 1.82) is 0 Å². The number of hydrogen-bond donors (Lipinski definition) is 1. The van der Waals surface area contributed by atoms with Gasteiger partial charge in [0, 0.05) is 19.5 Å². The van der Waals surface area contributed by atoms with Crippen LogP contribution in [0.1, 0.15) is 5.56 Å². The van der Waals surface area contributed by atoms with Crippen LogP contribution in [0.25, 0.3) is 10.1 Å². The summed E-state index contributed by atoms with van der Waals surface area (Å²) in [7, 11) is 0. The molecule has 0 nitrogen and oxygen atoms in total. The predicted octanol–water partition coefficient (Wildman–Crippen LogP) is 4.53. The van der Waals surface area contributed by atoms with E-state index in [0.29, 0.717) is 5.88 Å². The number of hydrogen-bond acceptors (Lipinski definition) is 2. The second-order valence-corrected chi connectivity index (χ2v) is 5.83. The first-order valence-electron chi connectivity index (χ1n) is 3.68. The number of benzene rings is 1. The van der Waals surface area contributed by atoms with Gasteiger partial charge in [0.1, 0.15) is 0 Å². The van der Waals surface area contributed by atoms with E-state index in [-0.39, 0.29) is 0 Å². The van der Waals surface area contributed by atoms with E-state index in [2.05, 4.69) is 53.4 Å². The van der Waals surface area contributed by atoms with Gasteiger partial charge >= 0.3 is 0 Å². The van der Waals surface area contributed by atoms with E-state index in [1.807, 2.05) is 0 Å². The van der Waals surface area contributed by atoms with E-state index in [1.165, 1.54) is 19.2 Å². The highest BCUT2D eigenvalue weighted by Crippen LogP contribution is 2.35. The number of thiophene rings is 1. The van der Waals surface area contributed by atoms with Crippen LogP contribution in [0.5, 0.6) is 0 Å². The molecule has 4 heteroatoms. The van der Waals surface area contributed by atoms with Crippen LogP contribution in [0.4, 0.5) is 0 Å². The highest BCUT2D eigenvalue weighted by atomic mass is 127. The van der Waals surface area contributed by atoms with Crippen molar-refractivity contribution in [1.82, 2.24) is 0 Å². The lowest BCUT2D eigenvalue weighted by atomic mass is 10.2. The van der Waals surface area contributed by atoms with Gasteiger partial charge in [-0.1, -0.05) is 6.07 Å². The molecule has 0 aliphatic carbocycles. The fourth-order valence-electron chi connectivity index (χ4n) is 1.18. The maximum Gasteiger partial charge on any atom is 0.0714 e. The summed E-state index contributed by atoms with van der Waals surface area (Å²) in [5.74, 6) is 0.573. The molecule has 68 valence electrons. The molecule has 0 fully saturated rings. The van der Waals surface area contributed by atoms with Gasteiger partial charge in [-0.2, -0.15) is 0 Å². The lowest BCUT2D eigenvalue weighted by Crippen LogP contribution is -1.76. The van der Waals surface area contributed by atoms with Gasteiger partial charge in [0.2, 0.25) is 0 Å². The Morgan fingerprint density at radius 3 is 2.92 bits per heavy atom. The maximum absolute atomic E-state index is 5.77. The van der Waals surface area contributed by atoms with Crippen LogP contribution >= 0.6 is 58.2 Å². The third-order valence-electron chi connectivity index (χ3n) is 1.83. The second kappa shape index (κ2) is 3.96. The van der Waals surface area contributed by atoms with Gasteiger partial charge in [0.25, 0.3) is 0 Å². The minimum absolute atomic E-state index is 0.573. The van der Waals surface area contributed by atoms with E-state index < -0.39 is 0 Å². The molecular formula is C9H6ClIS2. The van der Waals surface area contributed by atoms with E-state index in [4.69, 9.17) is 11.6 Å². The molecule has 13 heavy (non-hydrogen) atoms. The minimum Gasteiger partial charge on any atom is -0.132 e. The summed E-state index contributed by atoms with van der Waals surface area (Å²) in [5, 5.41) is 1.27. The zero-order valence-corrected chi connectivity index (χ0v) is 11.2. The Kier molecular flexibility index (Phi) is 3.07. The molecular weight excluding hydrogens is 335 g/mol. The Hall–Kier alpha value is 0.550. The van der Waals surface area contributed by atoms with Gasteiger partial charge in [-0.3, -0.25) is 0 Å². The summed E-state index contributed by atoms with van der Waals surface area (Å²) in [5.41, 5.74) is 1.17. The first kappa shape index (κ1) is 10.1. The van der Waals surface area contributed by atoms with Crippen molar-refractivity contribution in [3.8, 4) is 0 Å². The standard InChI is InChI=1S/C9H6ClIS2/c10-4-5-1-2-7-6(3-5)8(11)9(12)13-7/h1-3,12H,4H2. The molecule has 0 atom stereocenters. The molecule has 0 spiro atoms. The van der Waals surface area contributed by atoms with Gasteiger partial charge in [-0.05, 0) is 40.3 Å². The molecule has 0 aliphatic heterocycles. The largest absolute Gasteiger partial charge is 0.132 e. The van der Waals surface area contributed by atoms with Crippen molar-refractivity contribution in [3.63, 3.8) is 0 Å². The molecule has 0 saturated heterocycles. The minimum atomic E-state index is 0.573. The molecule has 0 aliphatic rings. The molecule has 0 N–H and O–H groups in total. The second-order valence-electron chi connectivity index (χ2n) is 2.69. The number of rotatable bonds is 1. The van der Waals surface area contributed by atoms with E-state index in [9.17, 15) is 0 Å². The zero-order chi connectivity index (χ0) is 9.42. The number of fused-ring (bicyclic) bond motifs is 1. The summed E-state index contributed by atoms with van der Waals surface area (Å²) in [6.45, 7) is 0. The fourth-order valence-corrected chi connectivity index (χ4v) is 3.54. The Bertz CT molecular complexity index is 450. The molecule has 0 unspecified atom stereocenters. The van der Waals surface area contributed by atoms with Crippen molar-refractivity contribution < 1.29 is 0 Å². The van der Waals surface area contributed by atoms with Gasteiger partial charge in [-0.25, -0.2) is 0 Å². The summed E-state index contributed by atoms with van der Waals surface area (Å²) >= 11 is 14.2. The van der Waals surface area contributed by atoms with Crippen LogP contribution in [0.15, 0.2) is 22.4 Å². The fraction of sp³-hybridized carbons (Fsp3) is 0.111. The molecule has 0 saturated carbocycles. The first-order chi connectivity index (χ1) is 6.22.